The number of benzene rings is 1. The molecule has 0 amide bonds. The maximum Gasteiger partial charge on any atom is 0.130 e. The highest BCUT2D eigenvalue weighted by Gasteiger charge is 2.18. The zero-order valence-electron chi connectivity index (χ0n) is 12.3. The first-order valence-electron chi connectivity index (χ1n) is 6.52. The van der Waals surface area contributed by atoms with E-state index in [4.69, 9.17) is 23.1 Å². The summed E-state index contributed by atoms with van der Waals surface area (Å²) in [5.74, 6) is 0.503. The van der Waals surface area contributed by atoms with Crippen LogP contribution in [0.15, 0.2) is 36.0 Å². The number of nitrogens with zero attached hydrogens (tertiary/aromatic N) is 2. The summed E-state index contributed by atoms with van der Waals surface area (Å²) in [6.45, 7) is 5.74. The summed E-state index contributed by atoms with van der Waals surface area (Å²) < 4.78 is 1.60. The molecular formula is C15H21ClN4. The molecule has 0 aliphatic heterocycles. The molecule has 0 radical (unpaired) electrons. The highest BCUT2D eigenvalue weighted by Crippen LogP contribution is 2.35. The lowest BCUT2D eigenvalue weighted by Crippen LogP contribution is -2.00. The van der Waals surface area contributed by atoms with Crippen LogP contribution in [0.25, 0.3) is 16.3 Å². The van der Waals surface area contributed by atoms with Crippen LogP contribution >= 0.6 is 11.6 Å². The topological polar surface area (TPSA) is 69.9 Å². The van der Waals surface area contributed by atoms with Crippen LogP contribution in [0.1, 0.15) is 26.3 Å². The van der Waals surface area contributed by atoms with Gasteiger partial charge in [0.2, 0.25) is 0 Å². The van der Waals surface area contributed by atoms with Crippen molar-refractivity contribution in [3.05, 3.63) is 41.6 Å². The molecule has 1 aromatic carbocycles. The Labute approximate surface area is 125 Å². The van der Waals surface area contributed by atoms with E-state index < -0.39 is 0 Å². The van der Waals surface area contributed by atoms with Crippen LogP contribution in [-0.4, -0.2) is 9.78 Å². The number of hydrogen-bond donors (Lipinski definition) is 2. The molecule has 1 aromatic heterocycles. The Bertz CT molecular complexity index is 596. The van der Waals surface area contributed by atoms with Crippen molar-refractivity contribution in [1.29, 1.82) is 0 Å². The van der Waals surface area contributed by atoms with Crippen LogP contribution in [0.2, 0.25) is 0 Å². The third kappa shape index (κ3) is 3.14. The molecule has 0 fully saturated rings. The SMILES string of the molecule is C/C(N)=C(\Cl)c1c(-c2ccccc2)nn(C)c1N.CC. The second kappa shape index (κ2) is 7.01. The Balaban J connectivity index is 0.000000956. The van der Waals surface area contributed by atoms with Crippen molar-refractivity contribution >= 4 is 22.5 Å². The monoisotopic (exact) mass is 292 g/mol. The zero-order chi connectivity index (χ0) is 15.3. The molecule has 2 aromatic rings. The average Bonchev–Trinajstić information content (AvgIpc) is 2.77. The normalized spacial score (nSPS) is 11.4. The molecule has 0 aliphatic rings. The highest BCUT2D eigenvalue weighted by molar-refractivity contribution is 6.50. The molecule has 0 bridgehead atoms. The first-order chi connectivity index (χ1) is 9.52. The van der Waals surface area contributed by atoms with Crippen LogP contribution in [0.3, 0.4) is 0 Å². The summed E-state index contributed by atoms with van der Waals surface area (Å²) in [4.78, 5) is 0. The van der Waals surface area contributed by atoms with Gasteiger partial charge in [0.1, 0.15) is 11.5 Å². The Morgan fingerprint density at radius 3 is 2.25 bits per heavy atom. The summed E-state index contributed by atoms with van der Waals surface area (Å²) in [7, 11) is 1.78. The molecule has 0 atom stereocenters. The quantitative estimate of drug-likeness (QED) is 0.889. The van der Waals surface area contributed by atoms with Crippen LogP contribution in [0, 0.1) is 0 Å². The van der Waals surface area contributed by atoms with Crippen molar-refractivity contribution in [2.75, 3.05) is 5.73 Å². The van der Waals surface area contributed by atoms with Gasteiger partial charge in [0.25, 0.3) is 0 Å². The van der Waals surface area contributed by atoms with E-state index in [1.54, 1.807) is 18.7 Å². The Morgan fingerprint density at radius 2 is 1.75 bits per heavy atom. The zero-order valence-corrected chi connectivity index (χ0v) is 13.1. The van der Waals surface area contributed by atoms with Crippen LogP contribution in [0.4, 0.5) is 5.82 Å². The molecule has 108 valence electrons. The third-order valence-electron chi connectivity index (χ3n) is 2.70. The summed E-state index contributed by atoms with van der Waals surface area (Å²) in [5, 5.41) is 4.85. The molecule has 0 saturated carbocycles. The Morgan fingerprint density at radius 1 is 1.20 bits per heavy atom. The van der Waals surface area contributed by atoms with Gasteiger partial charge in [0.05, 0.1) is 10.6 Å². The number of aryl methyl sites for hydroxylation is 1. The highest BCUT2D eigenvalue weighted by atomic mass is 35.5. The lowest BCUT2D eigenvalue weighted by Gasteiger charge is -2.04. The Kier molecular flexibility index (Phi) is 5.65. The van der Waals surface area contributed by atoms with Crippen molar-refractivity contribution in [3.63, 3.8) is 0 Å². The molecule has 1 heterocycles. The lowest BCUT2D eigenvalue weighted by atomic mass is 10.1. The fourth-order valence-corrected chi connectivity index (χ4v) is 1.93. The molecule has 0 spiro atoms. The van der Waals surface area contributed by atoms with Gasteiger partial charge in [0.15, 0.2) is 0 Å². The largest absolute Gasteiger partial charge is 0.401 e. The third-order valence-corrected chi connectivity index (χ3v) is 3.19. The van der Waals surface area contributed by atoms with E-state index in [-0.39, 0.29) is 0 Å². The minimum absolute atomic E-state index is 0.444. The predicted octanol–water partition coefficient (Wildman–Crippen LogP) is 3.58. The van der Waals surface area contributed by atoms with Gasteiger partial charge in [-0.3, -0.25) is 4.68 Å². The van der Waals surface area contributed by atoms with E-state index in [2.05, 4.69) is 5.10 Å². The number of aromatic nitrogens is 2. The minimum Gasteiger partial charge on any atom is -0.401 e. The number of halogens is 1. The van der Waals surface area contributed by atoms with Crippen molar-refractivity contribution < 1.29 is 0 Å². The summed E-state index contributed by atoms with van der Waals surface area (Å²) >= 11 is 6.24. The van der Waals surface area contributed by atoms with Gasteiger partial charge in [-0.05, 0) is 6.92 Å². The van der Waals surface area contributed by atoms with E-state index in [9.17, 15) is 0 Å². The molecule has 5 heteroatoms. The molecule has 4 N–H and O–H groups in total. The average molecular weight is 293 g/mol. The standard InChI is InChI=1S/C13H15ClN4.C2H6/c1-8(15)11(14)10-12(17-18(2)13(10)16)9-6-4-3-5-7-9;1-2/h3-7H,15-16H2,1-2H3;1-2H3/b11-8+;. The lowest BCUT2D eigenvalue weighted by molar-refractivity contribution is 0.782. The van der Waals surface area contributed by atoms with E-state index in [1.807, 2.05) is 44.2 Å². The van der Waals surface area contributed by atoms with Gasteiger partial charge in [-0.1, -0.05) is 55.8 Å². The van der Waals surface area contributed by atoms with Gasteiger partial charge >= 0.3 is 0 Å². The minimum atomic E-state index is 0.444. The Hall–Kier alpha value is -1.94. The van der Waals surface area contributed by atoms with Gasteiger partial charge < -0.3 is 11.5 Å². The maximum atomic E-state index is 6.24. The fourth-order valence-electron chi connectivity index (χ4n) is 1.75. The van der Waals surface area contributed by atoms with E-state index in [1.165, 1.54) is 0 Å². The molecule has 20 heavy (non-hydrogen) atoms. The first kappa shape index (κ1) is 16.1. The number of hydrogen-bond acceptors (Lipinski definition) is 3. The number of allylic oxidation sites excluding steroid dienone is 1. The fraction of sp³-hybridized carbons (Fsp3) is 0.267. The van der Waals surface area contributed by atoms with E-state index >= 15 is 0 Å². The van der Waals surface area contributed by atoms with E-state index in [0.717, 1.165) is 11.3 Å². The van der Waals surface area contributed by atoms with Crippen molar-refractivity contribution in [1.82, 2.24) is 9.78 Å². The van der Waals surface area contributed by atoms with E-state index in [0.29, 0.717) is 22.1 Å². The number of nitrogens with two attached hydrogens (primary N) is 2. The summed E-state index contributed by atoms with van der Waals surface area (Å²) in [6, 6.07) is 9.75. The molecule has 0 aliphatic carbocycles. The van der Waals surface area contributed by atoms with Crippen LogP contribution in [0.5, 0.6) is 0 Å². The first-order valence-corrected chi connectivity index (χ1v) is 6.90. The van der Waals surface area contributed by atoms with Crippen LogP contribution < -0.4 is 11.5 Å². The number of rotatable bonds is 2. The van der Waals surface area contributed by atoms with Crippen molar-refractivity contribution in [2.24, 2.45) is 12.8 Å². The summed E-state index contributed by atoms with van der Waals surface area (Å²) in [5.41, 5.74) is 14.7. The second-order valence-electron chi connectivity index (χ2n) is 4.10. The van der Waals surface area contributed by atoms with Gasteiger partial charge in [-0.15, -0.1) is 0 Å². The molecule has 0 unspecified atom stereocenters. The molecule has 0 saturated heterocycles. The van der Waals surface area contributed by atoms with Gasteiger partial charge in [-0.25, -0.2) is 0 Å². The van der Waals surface area contributed by atoms with Crippen molar-refractivity contribution in [3.8, 4) is 11.3 Å². The molecule has 4 nitrogen and oxygen atoms in total. The molecule has 2 rings (SSSR count). The van der Waals surface area contributed by atoms with Crippen LogP contribution in [-0.2, 0) is 7.05 Å². The smallest absolute Gasteiger partial charge is 0.130 e. The predicted molar refractivity (Wildman–Crippen MR) is 87.0 cm³/mol. The number of anilines is 1. The molecular weight excluding hydrogens is 272 g/mol. The number of nitrogen functional groups attached to an aromatic ring is 1. The summed E-state index contributed by atoms with van der Waals surface area (Å²) in [6.07, 6.45) is 0. The van der Waals surface area contributed by atoms with Gasteiger partial charge in [-0.2, -0.15) is 5.10 Å². The maximum absolute atomic E-state index is 6.24. The van der Waals surface area contributed by atoms with Gasteiger partial charge in [0, 0.05) is 18.3 Å². The second-order valence-corrected chi connectivity index (χ2v) is 4.47. The van der Waals surface area contributed by atoms with Crippen molar-refractivity contribution in [2.45, 2.75) is 20.8 Å².